The molecule has 0 aliphatic heterocycles. The van der Waals surface area contributed by atoms with Gasteiger partial charge in [0.1, 0.15) is 5.82 Å². The van der Waals surface area contributed by atoms with E-state index in [1.54, 1.807) is 6.07 Å². The number of hydrogen-bond acceptors (Lipinski definition) is 2. The van der Waals surface area contributed by atoms with Crippen LogP contribution >= 0.6 is 11.6 Å². The molecule has 0 amide bonds. The first-order valence-corrected chi connectivity index (χ1v) is 7.77. The van der Waals surface area contributed by atoms with Crippen LogP contribution in [0.15, 0.2) is 18.2 Å². The second-order valence-electron chi connectivity index (χ2n) is 6.33. The maximum absolute atomic E-state index is 13.4. The molecule has 0 heterocycles. The first-order valence-electron chi connectivity index (χ1n) is 7.39. The monoisotopic (exact) mass is 298 g/mol. The van der Waals surface area contributed by atoms with Crippen LogP contribution in [0.2, 0.25) is 5.02 Å². The van der Waals surface area contributed by atoms with E-state index in [4.69, 9.17) is 17.3 Å². The van der Waals surface area contributed by atoms with Gasteiger partial charge in [-0.3, -0.25) is 0 Å². The first kappa shape index (κ1) is 15.6. The fourth-order valence-corrected chi connectivity index (χ4v) is 3.37. The van der Waals surface area contributed by atoms with Gasteiger partial charge in [0.15, 0.2) is 0 Å². The molecule has 1 aliphatic carbocycles. The zero-order chi connectivity index (χ0) is 14.8. The van der Waals surface area contributed by atoms with Crippen LogP contribution in [0.4, 0.5) is 10.1 Å². The molecule has 1 saturated carbocycles. The molecule has 2 rings (SSSR count). The van der Waals surface area contributed by atoms with Crippen molar-refractivity contribution in [3.8, 4) is 0 Å². The number of nitrogens with one attached hydrogen (secondary N) is 1. The third-order valence-electron chi connectivity index (χ3n) is 4.54. The van der Waals surface area contributed by atoms with Crippen molar-refractivity contribution in [2.45, 2.75) is 45.1 Å². The van der Waals surface area contributed by atoms with Crippen molar-refractivity contribution in [2.75, 3.05) is 11.9 Å². The standard InChI is InChI=1S/C16H24ClFN2/c1-11(2)12-4-3-7-16(9-12,10-19)20-15-8-13(18)5-6-14(15)17/h5-6,8,11-12,20H,3-4,7,9-10,19H2,1-2H3. The predicted octanol–water partition coefficient (Wildman–Crippen LogP) is 4.43. The molecule has 0 radical (unpaired) electrons. The Morgan fingerprint density at radius 1 is 1.50 bits per heavy atom. The third kappa shape index (κ3) is 3.44. The molecule has 4 heteroatoms. The zero-order valence-corrected chi connectivity index (χ0v) is 13.0. The Labute approximate surface area is 125 Å². The summed E-state index contributed by atoms with van der Waals surface area (Å²) in [5, 5.41) is 3.99. The Balaban J connectivity index is 2.20. The zero-order valence-electron chi connectivity index (χ0n) is 12.3. The summed E-state index contributed by atoms with van der Waals surface area (Å²) in [5.74, 6) is 1.03. The molecular weight excluding hydrogens is 275 g/mol. The lowest BCUT2D eigenvalue weighted by molar-refractivity contribution is 0.203. The van der Waals surface area contributed by atoms with Gasteiger partial charge in [0, 0.05) is 12.1 Å². The van der Waals surface area contributed by atoms with Gasteiger partial charge in [0.2, 0.25) is 0 Å². The van der Waals surface area contributed by atoms with E-state index >= 15 is 0 Å². The number of halogens is 2. The van der Waals surface area contributed by atoms with Gasteiger partial charge in [0.25, 0.3) is 0 Å². The van der Waals surface area contributed by atoms with Gasteiger partial charge < -0.3 is 11.1 Å². The number of hydrogen-bond donors (Lipinski definition) is 2. The molecule has 112 valence electrons. The van der Waals surface area contributed by atoms with Gasteiger partial charge in [-0.1, -0.05) is 38.3 Å². The van der Waals surface area contributed by atoms with Crippen LogP contribution in [0.5, 0.6) is 0 Å². The summed E-state index contributed by atoms with van der Waals surface area (Å²) in [5.41, 5.74) is 6.53. The Bertz CT molecular complexity index is 464. The van der Waals surface area contributed by atoms with Gasteiger partial charge in [0.05, 0.1) is 10.7 Å². The summed E-state index contributed by atoms with van der Waals surface area (Å²) in [4.78, 5) is 0. The van der Waals surface area contributed by atoms with Crippen LogP contribution in [0.1, 0.15) is 39.5 Å². The van der Waals surface area contributed by atoms with E-state index < -0.39 is 0 Å². The molecule has 2 nitrogen and oxygen atoms in total. The molecule has 0 spiro atoms. The average molecular weight is 299 g/mol. The molecule has 1 aliphatic rings. The SMILES string of the molecule is CC(C)C1CCCC(CN)(Nc2cc(F)ccc2Cl)C1. The van der Waals surface area contributed by atoms with Crippen LogP contribution in [0.3, 0.4) is 0 Å². The van der Waals surface area contributed by atoms with Crippen LogP contribution < -0.4 is 11.1 Å². The molecule has 3 N–H and O–H groups in total. The van der Waals surface area contributed by atoms with Gasteiger partial charge in [-0.2, -0.15) is 0 Å². The molecule has 0 aromatic heterocycles. The Morgan fingerprint density at radius 2 is 2.25 bits per heavy atom. The highest BCUT2D eigenvalue weighted by Crippen LogP contribution is 2.39. The maximum Gasteiger partial charge on any atom is 0.125 e. The smallest absolute Gasteiger partial charge is 0.125 e. The lowest BCUT2D eigenvalue weighted by Crippen LogP contribution is -2.49. The largest absolute Gasteiger partial charge is 0.377 e. The minimum atomic E-state index is -0.278. The number of nitrogens with two attached hydrogens (primary N) is 1. The number of benzene rings is 1. The summed E-state index contributed by atoms with van der Waals surface area (Å²) in [6.45, 7) is 5.06. The lowest BCUT2D eigenvalue weighted by Gasteiger charge is -2.43. The van der Waals surface area contributed by atoms with Gasteiger partial charge >= 0.3 is 0 Å². The molecule has 1 aromatic carbocycles. The van der Waals surface area contributed by atoms with Crippen LogP contribution in [-0.4, -0.2) is 12.1 Å². The molecular formula is C16H24ClFN2. The van der Waals surface area contributed by atoms with Crippen molar-refractivity contribution in [3.05, 3.63) is 29.0 Å². The summed E-state index contributed by atoms with van der Waals surface area (Å²) >= 11 is 6.16. The summed E-state index contributed by atoms with van der Waals surface area (Å²) in [6.07, 6.45) is 4.44. The highest BCUT2D eigenvalue weighted by atomic mass is 35.5. The first-order chi connectivity index (χ1) is 9.46. The fourth-order valence-electron chi connectivity index (χ4n) is 3.21. The van der Waals surface area contributed by atoms with E-state index in [0.717, 1.165) is 19.3 Å². The second kappa shape index (κ2) is 6.31. The van der Waals surface area contributed by atoms with Crippen molar-refractivity contribution in [3.63, 3.8) is 0 Å². The topological polar surface area (TPSA) is 38.0 Å². The van der Waals surface area contributed by atoms with E-state index in [1.807, 2.05) is 0 Å². The van der Waals surface area contributed by atoms with Crippen molar-refractivity contribution in [2.24, 2.45) is 17.6 Å². The van der Waals surface area contributed by atoms with Crippen LogP contribution in [-0.2, 0) is 0 Å². The van der Waals surface area contributed by atoms with E-state index in [2.05, 4.69) is 19.2 Å². The van der Waals surface area contributed by atoms with E-state index in [9.17, 15) is 4.39 Å². The highest BCUT2D eigenvalue weighted by Gasteiger charge is 2.36. The van der Waals surface area contributed by atoms with Gasteiger partial charge in [-0.25, -0.2) is 4.39 Å². The quantitative estimate of drug-likeness (QED) is 0.862. The second-order valence-corrected chi connectivity index (χ2v) is 6.74. The number of rotatable bonds is 4. The Hall–Kier alpha value is -0.800. The minimum absolute atomic E-state index is 0.162. The van der Waals surface area contributed by atoms with Crippen LogP contribution in [0, 0.1) is 17.7 Å². The minimum Gasteiger partial charge on any atom is -0.377 e. The van der Waals surface area contributed by atoms with Gasteiger partial charge in [-0.15, -0.1) is 0 Å². The molecule has 0 saturated heterocycles. The average Bonchev–Trinajstić information content (AvgIpc) is 2.43. The molecule has 20 heavy (non-hydrogen) atoms. The summed E-state index contributed by atoms with van der Waals surface area (Å²) in [6, 6.07) is 4.42. The molecule has 0 bridgehead atoms. The Kier molecular flexibility index (Phi) is 4.92. The van der Waals surface area contributed by atoms with E-state index in [-0.39, 0.29) is 11.4 Å². The van der Waals surface area contributed by atoms with Crippen molar-refractivity contribution in [1.82, 2.24) is 0 Å². The highest BCUT2D eigenvalue weighted by molar-refractivity contribution is 6.33. The summed E-state index contributed by atoms with van der Waals surface area (Å²) in [7, 11) is 0. The lowest BCUT2D eigenvalue weighted by atomic mass is 9.71. The van der Waals surface area contributed by atoms with Crippen molar-refractivity contribution in [1.29, 1.82) is 0 Å². The fraction of sp³-hybridized carbons (Fsp3) is 0.625. The summed E-state index contributed by atoms with van der Waals surface area (Å²) < 4.78 is 13.4. The third-order valence-corrected chi connectivity index (χ3v) is 4.87. The normalized spacial score (nSPS) is 26.8. The van der Waals surface area contributed by atoms with Crippen molar-refractivity contribution < 1.29 is 4.39 Å². The number of anilines is 1. The molecule has 1 fully saturated rings. The van der Waals surface area contributed by atoms with E-state index in [1.165, 1.54) is 18.6 Å². The van der Waals surface area contributed by atoms with Gasteiger partial charge in [-0.05, 0) is 42.9 Å². The van der Waals surface area contributed by atoms with Crippen LogP contribution in [0.25, 0.3) is 0 Å². The maximum atomic E-state index is 13.4. The molecule has 2 atom stereocenters. The predicted molar refractivity (Wildman–Crippen MR) is 83.6 cm³/mol. The van der Waals surface area contributed by atoms with Crippen molar-refractivity contribution >= 4 is 17.3 Å². The Morgan fingerprint density at radius 3 is 2.90 bits per heavy atom. The molecule has 2 unspecified atom stereocenters. The molecule has 1 aromatic rings. The van der Waals surface area contributed by atoms with E-state index in [0.29, 0.717) is 29.1 Å².